The molecule has 0 atom stereocenters. The number of fused-ring (bicyclic) bond motifs is 3. The van der Waals surface area contributed by atoms with Crippen LogP contribution in [0.2, 0.25) is 0 Å². The van der Waals surface area contributed by atoms with Crippen molar-refractivity contribution in [1.29, 1.82) is 0 Å². The van der Waals surface area contributed by atoms with E-state index < -0.39 is 0 Å². The van der Waals surface area contributed by atoms with Gasteiger partial charge in [0.2, 0.25) is 0 Å². The summed E-state index contributed by atoms with van der Waals surface area (Å²) in [5.41, 5.74) is 4.64. The Kier molecular flexibility index (Phi) is 3.20. The molecule has 2 nitrogen and oxygen atoms in total. The third-order valence-electron chi connectivity index (χ3n) is 4.05. The van der Waals surface area contributed by atoms with Crippen LogP contribution in [-0.4, -0.2) is 9.97 Å². The smallest absolute Gasteiger partial charge is 0.0964 e. The summed E-state index contributed by atoms with van der Waals surface area (Å²) in [4.78, 5) is 9.35. The molecule has 0 saturated heterocycles. The highest BCUT2D eigenvalue weighted by Gasteiger charge is 2.15. The van der Waals surface area contributed by atoms with Gasteiger partial charge in [-0.15, -0.1) is 0 Å². The Balaban J connectivity index is 2.25. The van der Waals surface area contributed by atoms with E-state index in [1.54, 1.807) is 0 Å². The van der Waals surface area contributed by atoms with E-state index in [0.717, 1.165) is 11.0 Å². The average Bonchev–Trinajstić information content (AvgIpc) is 2.44. The maximum absolute atomic E-state index is 4.69. The Morgan fingerprint density at radius 1 is 0.857 bits per heavy atom. The molecule has 0 aliphatic carbocycles. The number of aromatic nitrogens is 2. The fourth-order valence-corrected chi connectivity index (χ4v) is 2.54. The highest BCUT2D eigenvalue weighted by atomic mass is 14.7. The Bertz CT molecular complexity index is 811. The first kappa shape index (κ1) is 14.0. The molecule has 108 valence electrons. The lowest BCUT2D eigenvalue weighted by molar-refractivity contribution is 0.589. The van der Waals surface area contributed by atoms with Crippen LogP contribution >= 0.6 is 0 Å². The van der Waals surface area contributed by atoms with Gasteiger partial charge in [-0.3, -0.25) is 9.97 Å². The van der Waals surface area contributed by atoms with Gasteiger partial charge < -0.3 is 0 Å². The largest absolute Gasteiger partial charge is 0.254 e. The lowest BCUT2D eigenvalue weighted by atomic mass is 9.87. The molecule has 1 aromatic carbocycles. The van der Waals surface area contributed by atoms with Crippen molar-refractivity contribution in [3.8, 4) is 0 Å². The second-order valence-electron chi connectivity index (χ2n) is 7.11. The van der Waals surface area contributed by atoms with Gasteiger partial charge in [0, 0.05) is 23.2 Å². The predicted octanol–water partition coefficient (Wildman–Crippen LogP) is 5.20. The van der Waals surface area contributed by atoms with Crippen LogP contribution in [-0.2, 0) is 5.41 Å². The lowest BCUT2D eigenvalue weighted by Gasteiger charge is -2.19. The van der Waals surface area contributed by atoms with Crippen LogP contribution in [0.1, 0.15) is 51.7 Å². The van der Waals surface area contributed by atoms with E-state index in [4.69, 9.17) is 0 Å². The van der Waals surface area contributed by atoms with Gasteiger partial charge >= 0.3 is 0 Å². The van der Waals surface area contributed by atoms with Gasteiger partial charge in [-0.1, -0.05) is 46.8 Å². The van der Waals surface area contributed by atoms with Gasteiger partial charge in [0.15, 0.2) is 0 Å². The second kappa shape index (κ2) is 4.80. The summed E-state index contributed by atoms with van der Waals surface area (Å²) in [5.74, 6) is 0.494. The maximum atomic E-state index is 4.69. The average molecular weight is 278 g/mol. The van der Waals surface area contributed by atoms with Crippen LogP contribution in [0, 0.1) is 0 Å². The van der Waals surface area contributed by atoms with E-state index in [2.05, 4.69) is 68.9 Å². The Labute approximate surface area is 126 Å². The molecule has 0 radical (unpaired) electrons. The van der Waals surface area contributed by atoms with Crippen LogP contribution in [0.15, 0.2) is 36.7 Å². The number of hydrogen-bond acceptors (Lipinski definition) is 2. The first-order chi connectivity index (χ1) is 9.86. The molecule has 2 aromatic heterocycles. The molecule has 0 N–H and O–H groups in total. The molecular formula is C19H22N2. The normalized spacial score (nSPS) is 12.5. The summed E-state index contributed by atoms with van der Waals surface area (Å²) in [5, 5.41) is 2.34. The van der Waals surface area contributed by atoms with Crippen LogP contribution in [0.5, 0.6) is 0 Å². The molecule has 3 aromatic rings. The van der Waals surface area contributed by atoms with Gasteiger partial charge in [-0.25, -0.2) is 0 Å². The zero-order valence-electron chi connectivity index (χ0n) is 13.4. The van der Waals surface area contributed by atoms with Crippen molar-refractivity contribution in [1.82, 2.24) is 9.97 Å². The van der Waals surface area contributed by atoms with Crippen molar-refractivity contribution in [2.75, 3.05) is 0 Å². The highest BCUT2D eigenvalue weighted by Crippen LogP contribution is 2.28. The van der Waals surface area contributed by atoms with Crippen LogP contribution < -0.4 is 0 Å². The molecule has 0 fully saturated rings. The lowest BCUT2D eigenvalue weighted by Crippen LogP contribution is -2.11. The molecular weight excluding hydrogens is 256 g/mol. The molecule has 21 heavy (non-hydrogen) atoms. The Morgan fingerprint density at radius 2 is 1.43 bits per heavy atom. The standard InChI is InChI=1S/C19H22N2/c1-12(2)15-8-13-6-7-14-9-16(19(3,4)5)11-21-18(14)17(13)20-10-15/h6-12H,1-5H3. The van der Waals surface area contributed by atoms with Crippen LogP contribution in [0.25, 0.3) is 21.8 Å². The van der Waals surface area contributed by atoms with Crippen molar-refractivity contribution in [3.63, 3.8) is 0 Å². The van der Waals surface area contributed by atoms with Gasteiger partial charge in [0.25, 0.3) is 0 Å². The molecule has 0 saturated carbocycles. The van der Waals surface area contributed by atoms with E-state index in [9.17, 15) is 0 Å². The van der Waals surface area contributed by atoms with Crippen molar-refractivity contribution < 1.29 is 0 Å². The first-order valence-corrected chi connectivity index (χ1v) is 7.55. The Hall–Kier alpha value is -1.96. The summed E-state index contributed by atoms with van der Waals surface area (Å²) >= 11 is 0. The summed E-state index contributed by atoms with van der Waals surface area (Å²) in [6.07, 6.45) is 3.96. The Morgan fingerprint density at radius 3 is 2.00 bits per heavy atom. The highest BCUT2D eigenvalue weighted by molar-refractivity contribution is 6.02. The zero-order valence-corrected chi connectivity index (χ0v) is 13.4. The summed E-state index contributed by atoms with van der Waals surface area (Å²) < 4.78 is 0. The van der Waals surface area contributed by atoms with Gasteiger partial charge in [0.05, 0.1) is 11.0 Å². The van der Waals surface area contributed by atoms with Crippen molar-refractivity contribution in [3.05, 3.63) is 47.8 Å². The van der Waals surface area contributed by atoms with E-state index >= 15 is 0 Å². The summed E-state index contributed by atoms with van der Waals surface area (Å²) in [7, 11) is 0. The molecule has 0 amide bonds. The van der Waals surface area contributed by atoms with Crippen molar-refractivity contribution in [2.24, 2.45) is 0 Å². The number of pyridine rings is 2. The minimum Gasteiger partial charge on any atom is -0.254 e. The van der Waals surface area contributed by atoms with E-state index in [1.165, 1.54) is 21.9 Å². The second-order valence-corrected chi connectivity index (χ2v) is 7.11. The molecule has 0 aliphatic rings. The molecule has 2 heteroatoms. The van der Waals surface area contributed by atoms with Crippen molar-refractivity contribution >= 4 is 21.8 Å². The number of nitrogens with zero attached hydrogens (tertiary/aromatic N) is 2. The molecule has 0 unspecified atom stereocenters. The van der Waals surface area contributed by atoms with Crippen LogP contribution in [0.3, 0.4) is 0 Å². The van der Waals surface area contributed by atoms with Crippen LogP contribution in [0.4, 0.5) is 0 Å². The van der Waals surface area contributed by atoms with Gasteiger partial charge in [-0.05, 0) is 34.6 Å². The quantitative estimate of drug-likeness (QED) is 0.571. The number of benzene rings is 1. The number of hydrogen-bond donors (Lipinski definition) is 0. The monoisotopic (exact) mass is 278 g/mol. The third-order valence-corrected chi connectivity index (χ3v) is 4.05. The topological polar surface area (TPSA) is 25.8 Å². The zero-order chi connectivity index (χ0) is 15.2. The van der Waals surface area contributed by atoms with E-state index in [1.807, 2.05) is 12.4 Å². The maximum Gasteiger partial charge on any atom is 0.0964 e. The molecule has 0 aliphatic heterocycles. The molecule has 3 rings (SSSR count). The SMILES string of the molecule is CC(C)c1cnc2c(ccc3cc(C(C)(C)C)cnc32)c1. The predicted molar refractivity (Wildman–Crippen MR) is 89.8 cm³/mol. The molecule has 0 spiro atoms. The van der Waals surface area contributed by atoms with E-state index in [-0.39, 0.29) is 5.41 Å². The van der Waals surface area contributed by atoms with Gasteiger partial charge in [-0.2, -0.15) is 0 Å². The number of rotatable bonds is 1. The van der Waals surface area contributed by atoms with Gasteiger partial charge in [0.1, 0.15) is 0 Å². The fraction of sp³-hybridized carbons (Fsp3) is 0.368. The third kappa shape index (κ3) is 2.51. The minimum absolute atomic E-state index is 0.116. The van der Waals surface area contributed by atoms with E-state index in [0.29, 0.717) is 5.92 Å². The molecule has 0 bridgehead atoms. The van der Waals surface area contributed by atoms with Crippen molar-refractivity contribution in [2.45, 2.75) is 46.0 Å². The fourth-order valence-electron chi connectivity index (χ4n) is 2.54. The first-order valence-electron chi connectivity index (χ1n) is 7.55. The molecule has 2 heterocycles. The summed E-state index contributed by atoms with van der Waals surface area (Å²) in [6, 6.07) is 8.78. The minimum atomic E-state index is 0.116. The summed E-state index contributed by atoms with van der Waals surface area (Å²) in [6.45, 7) is 11.0.